The Kier molecular flexibility index (Phi) is 5.86. The second kappa shape index (κ2) is 9.12. The number of ether oxygens (including phenoxy) is 1. The Balaban J connectivity index is 1.24. The summed E-state index contributed by atoms with van der Waals surface area (Å²) >= 11 is 1.28. The summed E-state index contributed by atoms with van der Waals surface area (Å²) in [5.41, 5.74) is 0.442. The summed E-state index contributed by atoms with van der Waals surface area (Å²) in [6.45, 7) is 1.28. The molecule has 1 saturated heterocycles. The first kappa shape index (κ1) is 24.4. The van der Waals surface area contributed by atoms with Crippen LogP contribution in [0.25, 0.3) is 27.7 Å². The standard InChI is InChI=1S/C26H21F3N4O4S/c1-36-19-10-18(24(34)35)30-23-21(19)31-25(38-23)33-11-13(12-33)6-9-16-20(32-37-22(16)14-7-8-14)15-4-2-3-5-17(15)26(27,28)29/h2-6,9-10,13-14H,7-8,11-12H2,1H3,(H,34,35)/b9-6+. The summed E-state index contributed by atoms with van der Waals surface area (Å²) in [6, 6.07) is 6.75. The van der Waals surface area contributed by atoms with Gasteiger partial charge in [0.2, 0.25) is 0 Å². The fraction of sp³-hybridized carbons (Fsp3) is 0.308. The molecular weight excluding hydrogens is 521 g/mol. The number of nitrogens with zero attached hydrogens (tertiary/aromatic N) is 4. The summed E-state index contributed by atoms with van der Waals surface area (Å²) in [5, 5.41) is 14.1. The van der Waals surface area contributed by atoms with Crippen LogP contribution in [-0.2, 0) is 6.18 Å². The van der Waals surface area contributed by atoms with E-state index < -0.39 is 17.7 Å². The lowest BCUT2D eigenvalue weighted by atomic mass is 9.96. The first-order valence-electron chi connectivity index (χ1n) is 11.9. The van der Waals surface area contributed by atoms with Crippen LogP contribution in [0.15, 0.2) is 40.9 Å². The van der Waals surface area contributed by atoms with Crippen molar-refractivity contribution in [2.24, 2.45) is 5.92 Å². The molecule has 4 heterocycles. The van der Waals surface area contributed by atoms with Gasteiger partial charge in [0.05, 0.1) is 12.7 Å². The third-order valence-electron chi connectivity index (χ3n) is 6.67. The van der Waals surface area contributed by atoms with Gasteiger partial charge in [0, 0.05) is 42.1 Å². The van der Waals surface area contributed by atoms with Crippen molar-refractivity contribution < 1.29 is 32.3 Å². The number of pyridine rings is 1. The van der Waals surface area contributed by atoms with Crippen molar-refractivity contribution >= 4 is 38.9 Å². The van der Waals surface area contributed by atoms with Crippen molar-refractivity contribution in [2.45, 2.75) is 24.9 Å². The van der Waals surface area contributed by atoms with Crippen molar-refractivity contribution in [1.82, 2.24) is 15.1 Å². The number of aromatic carboxylic acids is 1. The van der Waals surface area contributed by atoms with E-state index in [4.69, 9.17) is 9.26 Å². The molecule has 4 aromatic rings. The lowest BCUT2D eigenvalue weighted by molar-refractivity contribution is -0.137. The van der Waals surface area contributed by atoms with Gasteiger partial charge < -0.3 is 19.3 Å². The van der Waals surface area contributed by atoms with Crippen molar-refractivity contribution in [1.29, 1.82) is 0 Å². The number of fused-ring (bicyclic) bond motifs is 1. The minimum atomic E-state index is -4.51. The number of alkyl halides is 3. The smallest absolute Gasteiger partial charge is 0.417 e. The molecule has 3 aromatic heterocycles. The number of carboxylic acids is 1. The van der Waals surface area contributed by atoms with Crippen molar-refractivity contribution in [3.8, 4) is 17.0 Å². The number of halogens is 3. The molecule has 6 rings (SSSR count). The molecule has 1 aromatic carbocycles. The SMILES string of the molecule is COc1cc(C(=O)O)nc2sc(N3CC(/C=C/c4c(-c5ccccc5C(F)(F)F)noc4C4CC4)C3)nc12. The van der Waals surface area contributed by atoms with E-state index in [1.807, 2.05) is 17.1 Å². The second-order valence-corrected chi connectivity index (χ2v) is 10.3. The fourth-order valence-corrected chi connectivity index (χ4v) is 5.51. The Hall–Kier alpha value is -3.93. The number of hydrogen-bond donors (Lipinski definition) is 1. The molecule has 0 bridgehead atoms. The zero-order chi connectivity index (χ0) is 26.6. The highest BCUT2D eigenvalue weighted by molar-refractivity contribution is 7.21. The van der Waals surface area contributed by atoms with Gasteiger partial charge in [-0.1, -0.05) is 46.8 Å². The van der Waals surface area contributed by atoms with Gasteiger partial charge in [-0.2, -0.15) is 13.2 Å². The molecule has 0 spiro atoms. The molecule has 196 valence electrons. The number of aromatic nitrogens is 3. The molecule has 2 aliphatic rings. The number of benzene rings is 1. The number of hydrogen-bond acceptors (Lipinski definition) is 8. The maximum atomic E-state index is 13.7. The Morgan fingerprint density at radius 1 is 1.24 bits per heavy atom. The van der Waals surface area contributed by atoms with Gasteiger partial charge >= 0.3 is 12.1 Å². The van der Waals surface area contributed by atoms with E-state index in [0.29, 0.717) is 45.6 Å². The Morgan fingerprint density at radius 3 is 2.68 bits per heavy atom. The molecule has 2 fully saturated rings. The predicted octanol–water partition coefficient (Wildman–Crippen LogP) is 6.10. The van der Waals surface area contributed by atoms with Crippen LogP contribution >= 0.6 is 11.3 Å². The molecule has 1 aliphatic carbocycles. The van der Waals surface area contributed by atoms with Crippen LogP contribution in [0.3, 0.4) is 0 Å². The lowest BCUT2D eigenvalue weighted by Crippen LogP contribution is -2.45. The molecule has 1 aliphatic heterocycles. The molecule has 0 amide bonds. The van der Waals surface area contributed by atoms with Gasteiger partial charge in [-0.05, 0) is 18.9 Å². The van der Waals surface area contributed by atoms with Crippen LogP contribution in [-0.4, -0.2) is 46.4 Å². The quantitative estimate of drug-likeness (QED) is 0.299. The van der Waals surface area contributed by atoms with E-state index >= 15 is 0 Å². The maximum Gasteiger partial charge on any atom is 0.417 e. The topological polar surface area (TPSA) is 102 Å². The highest BCUT2D eigenvalue weighted by Gasteiger charge is 2.37. The van der Waals surface area contributed by atoms with Crippen molar-refractivity contribution in [3.05, 3.63) is 59.0 Å². The Bertz CT molecular complexity index is 1570. The normalized spacial score (nSPS) is 16.4. The summed E-state index contributed by atoms with van der Waals surface area (Å²) in [4.78, 5) is 22.6. The minimum Gasteiger partial charge on any atom is -0.494 e. The maximum absolute atomic E-state index is 13.7. The molecule has 1 N–H and O–H groups in total. The summed E-state index contributed by atoms with van der Waals surface area (Å²) in [5.74, 6) is 0.138. The van der Waals surface area contributed by atoms with E-state index in [1.54, 1.807) is 6.07 Å². The van der Waals surface area contributed by atoms with Crippen molar-refractivity contribution in [3.63, 3.8) is 0 Å². The lowest BCUT2D eigenvalue weighted by Gasteiger charge is -2.37. The van der Waals surface area contributed by atoms with Crippen LogP contribution in [0.5, 0.6) is 5.75 Å². The zero-order valence-corrected chi connectivity index (χ0v) is 20.8. The van der Waals surface area contributed by atoms with Crippen LogP contribution in [0, 0.1) is 5.92 Å². The number of thiazole rings is 1. The second-order valence-electron chi connectivity index (χ2n) is 9.32. The first-order valence-corrected chi connectivity index (χ1v) is 12.7. The van der Waals surface area contributed by atoms with Crippen LogP contribution < -0.4 is 9.64 Å². The predicted molar refractivity (Wildman–Crippen MR) is 135 cm³/mol. The molecule has 1 saturated carbocycles. The van der Waals surface area contributed by atoms with Crippen LogP contribution in [0.2, 0.25) is 0 Å². The number of rotatable bonds is 7. The van der Waals surface area contributed by atoms with Gasteiger partial charge in [0.25, 0.3) is 0 Å². The number of carboxylic acid groups (broad SMARTS) is 1. The number of carbonyl (C=O) groups is 1. The van der Waals surface area contributed by atoms with Crippen LogP contribution in [0.1, 0.15) is 46.1 Å². The first-order chi connectivity index (χ1) is 18.2. The highest BCUT2D eigenvalue weighted by atomic mass is 32.1. The number of methoxy groups -OCH3 is 1. The molecule has 12 heteroatoms. The average Bonchev–Trinajstić information content (AvgIpc) is 3.47. The summed E-state index contributed by atoms with van der Waals surface area (Å²) in [6.07, 6.45) is 1.14. The highest BCUT2D eigenvalue weighted by Crippen LogP contribution is 2.46. The molecule has 0 atom stereocenters. The molecule has 0 radical (unpaired) electrons. The van der Waals surface area contributed by atoms with Crippen molar-refractivity contribution in [2.75, 3.05) is 25.1 Å². The van der Waals surface area contributed by atoms with E-state index in [2.05, 4.69) is 15.1 Å². The van der Waals surface area contributed by atoms with Gasteiger partial charge in [-0.3, -0.25) is 0 Å². The van der Waals surface area contributed by atoms with E-state index in [9.17, 15) is 23.1 Å². The molecule has 38 heavy (non-hydrogen) atoms. The van der Waals surface area contributed by atoms with E-state index in [0.717, 1.165) is 18.9 Å². The van der Waals surface area contributed by atoms with Gasteiger partial charge in [0.15, 0.2) is 10.8 Å². The van der Waals surface area contributed by atoms with Gasteiger partial charge in [0.1, 0.15) is 27.6 Å². The van der Waals surface area contributed by atoms with Crippen LogP contribution in [0.4, 0.5) is 18.3 Å². The fourth-order valence-electron chi connectivity index (χ4n) is 4.54. The largest absolute Gasteiger partial charge is 0.494 e. The Labute approximate surface area is 218 Å². The zero-order valence-electron chi connectivity index (χ0n) is 20.0. The number of anilines is 1. The van der Waals surface area contributed by atoms with E-state index in [-0.39, 0.29) is 28.8 Å². The molecule has 8 nitrogen and oxygen atoms in total. The minimum absolute atomic E-state index is 0.00203. The summed E-state index contributed by atoms with van der Waals surface area (Å²) < 4.78 is 51.9. The third-order valence-corrected chi connectivity index (χ3v) is 7.68. The molecule has 0 unspecified atom stereocenters. The van der Waals surface area contributed by atoms with Gasteiger partial charge in [-0.15, -0.1) is 0 Å². The summed E-state index contributed by atoms with van der Waals surface area (Å²) in [7, 11) is 1.45. The Morgan fingerprint density at radius 2 is 2.00 bits per heavy atom. The monoisotopic (exact) mass is 542 g/mol. The van der Waals surface area contributed by atoms with Gasteiger partial charge in [-0.25, -0.2) is 14.8 Å². The van der Waals surface area contributed by atoms with E-state index in [1.165, 1.54) is 36.6 Å². The third kappa shape index (κ3) is 4.38. The molecular formula is C26H21F3N4O4S. The average molecular weight is 543 g/mol.